The maximum atomic E-state index is 12.5. The van der Waals surface area contributed by atoms with Crippen molar-refractivity contribution < 1.29 is 14.3 Å². The molecule has 1 aliphatic heterocycles. The molecule has 132 valence electrons. The summed E-state index contributed by atoms with van der Waals surface area (Å²) in [5.41, 5.74) is 0.369. The predicted molar refractivity (Wildman–Crippen MR) is 91.9 cm³/mol. The summed E-state index contributed by atoms with van der Waals surface area (Å²) in [6, 6.07) is 1.72. The van der Waals surface area contributed by atoms with E-state index in [-0.39, 0.29) is 12.0 Å². The van der Waals surface area contributed by atoms with E-state index in [1.807, 2.05) is 0 Å². The van der Waals surface area contributed by atoms with Crippen LogP contribution in [0.25, 0.3) is 0 Å². The number of hydrogen-bond donors (Lipinski definition) is 1. The van der Waals surface area contributed by atoms with Crippen molar-refractivity contribution in [1.29, 1.82) is 0 Å². The van der Waals surface area contributed by atoms with Crippen molar-refractivity contribution in [2.75, 3.05) is 38.1 Å². The number of carbonyl (C=O) groups is 2. The molecule has 0 bridgehead atoms. The molecule has 0 radical (unpaired) electrons. The number of nitrogens with one attached hydrogen (secondary N) is 1. The lowest BCUT2D eigenvalue weighted by atomic mass is 10.3. The number of thiazole rings is 1. The molecular weight excluding hydrogens is 344 g/mol. The summed E-state index contributed by atoms with van der Waals surface area (Å²) in [5.74, 6) is 0.278. The van der Waals surface area contributed by atoms with E-state index in [1.165, 1.54) is 11.3 Å². The van der Waals surface area contributed by atoms with Gasteiger partial charge in [-0.2, -0.15) is 0 Å². The monoisotopic (exact) mass is 362 g/mol. The van der Waals surface area contributed by atoms with Crippen LogP contribution in [0.2, 0.25) is 0 Å². The minimum Gasteiger partial charge on any atom is -0.450 e. The third-order valence-corrected chi connectivity index (χ3v) is 4.36. The van der Waals surface area contributed by atoms with Crippen LogP contribution in [-0.2, 0) is 4.74 Å². The Morgan fingerprint density at radius 2 is 1.88 bits per heavy atom. The highest BCUT2D eigenvalue weighted by Crippen LogP contribution is 2.20. The molecule has 0 saturated carbocycles. The molecule has 0 spiro atoms. The number of aromatic nitrogens is 3. The van der Waals surface area contributed by atoms with E-state index in [0.29, 0.717) is 49.6 Å². The van der Waals surface area contributed by atoms with Gasteiger partial charge in [0.05, 0.1) is 6.61 Å². The first-order chi connectivity index (χ1) is 12.2. The summed E-state index contributed by atoms with van der Waals surface area (Å²) in [6.07, 6.45) is 2.91. The SMILES string of the molecule is CCOC(=O)N1CCN(C(=O)c2csc(Nc3ncccn3)n2)CC1. The first-order valence-electron chi connectivity index (χ1n) is 7.88. The number of piperazine rings is 1. The molecule has 10 heteroatoms. The van der Waals surface area contributed by atoms with Gasteiger partial charge < -0.3 is 19.9 Å². The summed E-state index contributed by atoms with van der Waals surface area (Å²) < 4.78 is 4.97. The zero-order chi connectivity index (χ0) is 17.6. The maximum Gasteiger partial charge on any atom is 0.409 e. The topological polar surface area (TPSA) is 101 Å². The molecule has 0 atom stereocenters. The number of carbonyl (C=O) groups excluding carboxylic acids is 2. The summed E-state index contributed by atoms with van der Waals surface area (Å²) in [7, 11) is 0. The Morgan fingerprint density at radius 3 is 2.56 bits per heavy atom. The zero-order valence-electron chi connectivity index (χ0n) is 13.7. The second kappa shape index (κ2) is 7.88. The van der Waals surface area contributed by atoms with Gasteiger partial charge in [0, 0.05) is 44.0 Å². The van der Waals surface area contributed by atoms with Crippen LogP contribution in [0.5, 0.6) is 0 Å². The van der Waals surface area contributed by atoms with E-state index in [1.54, 1.807) is 40.6 Å². The van der Waals surface area contributed by atoms with Crippen LogP contribution >= 0.6 is 11.3 Å². The van der Waals surface area contributed by atoms with Crippen LogP contribution in [0.4, 0.5) is 15.9 Å². The number of nitrogens with zero attached hydrogens (tertiary/aromatic N) is 5. The molecule has 0 aliphatic carbocycles. The fraction of sp³-hybridized carbons (Fsp3) is 0.400. The highest BCUT2D eigenvalue weighted by molar-refractivity contribution is 7.14. The van der Waals surface area contributed by atoms with Crippen LogP contribution in [0.1, 0.15) is 17.4 Å². The van der Waals surface area contributed by atoms with Crippen molar-refractivity contribution in [3.63, 3.8) is 0 Å². The number of hydrogen-bond acceptors (Lipinski definition) is 8. The van der Waals surface area contributed by atoms with E-state index in [2.05, 4.69) is 20.3 Å². The Morgan fingerprint density at radius 1 is 1.20 bits per heavy atom. The third-order valence-electron chi connectivity index (χ3n) is 3.60. The van der Waals surface area contributed by atoms with Gasteiger partial charge in [0.1, 0.15) is 5.69 Å². The quantitative estimate of drug-likeness (QED) is 0.881. The Kier molecular flexibility index (Phi) is 5.39. The van der Waals surface area contributed by atoms with Crippen molar-refractivity contribution >= 4 is 34.4 Å². The molecular formula is C15H18N6O3S. The van der Waals surface area contributed by atoms with E-state index >= 15 is 0 Å². The smallest absolute Gasteiger partial charge is 0.409 e. The van der Waals surface area contributed by atoms with E-state index in [0.717, 1.165) is 0 Å². The van der Waals surface area contributed by atoms with Gasteiger partial charge in [-0.15, -0.1) is 11.3 Å². The molecule has 2 aromatic heterocycles. The zero-order valence-corrected chi connectivity index (χ0v) is 14.5. The Labute approximate surface area is 148 Å². The van der Waals surface area contributed by atoms with E-state index in [9.17, 15) is 9.59 Å². The molecule has 0 aromatic carbocycles. The third kappa shape index (κ3) is 4.21. The number of amides is 2. The lowest BCUT2D eigenvalue weighted by molar-refractivity contribution is 0.0566. The Hall–Kier alpha value is -2.75. The lowest BCUT2D eigenvalue weighted by Gasteiger charge is -2.33. The van der Waals surface area contributed by atoms with Crippen LogP contribution in [0, 0.1) is 0 Å². The predicted octanol–water partition coefficient (Wildman–Crippen LogP) is 1.59. The molecule has 3 rings (SSSR count). The fourth-order valence-electron chi connectivity index (χ4n) is 2.36. The van der Waals surface area contributed by atoms with Crippen molar-refractivity contribution in [2.24, 2.45) is 0 Å². The Balaban J connectivity index is 1.56. The Bertz CT molecular complexity index is 730. The largest absolute Gasteiger partial charge is 0.450 e. The summed E-state index contributed by atoms with van der Waals surface area (Å²) >= 11 is 1.31. The van der Waals surface area contributed by atoms with Gasteiger partial charge in [0.25, 0.3) is 5.91 Å². The van der Waals surface area contributed by atoms with Crippen molar-refractivity contribution in [3.8, 4) is 0 Å². The van der Waals surface area contributed by atoms with E-state index < -0.39 is 0 Å². The van der Waals surface area contributed by atoms with Crippen molar-refractivity contribution in [2.45, 2.75) is 6.92 Å². The number of anilines is 2. The number of rotatable bonds is 4. The van der Waals surface area contributed by atoms with Crippen LogP contribution < -0.4 is 5.32 Å². The van der Waals surface area contributed by atoms with Gasteiger partial charge in [0.2, 0.25) is 5.95 Å². The van der Waals surface area contributed by atoms with Gasteiger partial charge in [-0.05, 0) is 13.0 Å². The minimum atomic E-state index is -0.336. The van der Waals surface area contributed by atoms with E-state index in [4.69, 9.17) is 4.74 Å². The molecule has 0 unspecified atom stereocenters. The molecule has 1 N–H and O–H groups in total. The van der Waals surface area contributed by atoms with Gasteiger partial charge >= 0.3 is 6.09 Å². The summed E-state index contributed by atoms with van der Waals surface area (Å²) in [4.78, 5) is 39.9. The standard InChI is InChI=1S/C15H18N6O3S/c1-2-24-15(23)21-8-6-20(7-9-21)12(22)11-10-25-14(18-11)19-13-16-4-3-5-17-13/h3-5,10H,2,6-9H2,1H3,(H,16,17,18,19). The average molecular weight is 362 g/mol. The molecule has 2 amide bonds. The fourth-order valence-corrected chi connectivity index (χ4v) is 3.04. The second-order valence-corrected chi connectivity index (χ2v) is 6.07. The van der Waals surface area contributed by atoms with Crippen LogP contribution in [0.3, 0.4) is 0 Å². The highest BCUT2D eigenvalue weighted by atomic mass is 32.1. The van der Waals surface area contributed by atoms with Gasteiger partial charge in [-0.1, -0.05) is 0 Å². The molecule has 9 nitrogen and oxygen atoms in total. The van der Waals surface area contributed by atoms with Gasteiger partial charge in [-0.3, -0.25) is 4.79 Å². The molecule has 25 heavy (non-hydrogen) atoms. The first-order valence-corrected chi connectivity index (χ1v) is 8.76. The molecule has 2 aromatic rings. The maximum absolute atomic E-state index is 12.5. The van der Waals surface area contributed by atoms with Gasteiger partial charge in [-0.25, -0.2) is 19.7 Å². The van der Waals surface area contributed by atoms with Crippen molar-refractivity contribution in [3.05, 3.63) is 29.5 Å². The van der Waals surface area contributed by atoms with Crippen LogP contribution in [0.15, 0.2) is 23.8 Å². The number of ether oxygens (including phenoxy) is 1. The second-order valence-electron chi connectivity index (χ2n) is 5.21. The normalized spacial score (nSPS) is 14.3. The molecule has 1 fully saturated rings. The molecule has 3 heterocycles. The molecule has 1 aliphatic rings. The highest BCUT2D eigenvalue weighted by Gasteiger charge is 2.26. The average Bonchev–Trinajstić information content (AvgIpc) is 3.11. The first kappa shape index (κ1) is 17.1. The molecule has 1 saturated heterocycles. The minimum absolute atomic E-state index is 0.151. The summed E-state index contributed by atoms with van der Waals surface area (Å²) in [6.45, 7) is 3.94. The lowest BCUT2D eigenvalue weighted by Crippen LogP contribution is -2.50. The van der Waals surface area contributed by atoms with Crippen molar-refractivity contribution in [1.82, 2.24) is 24.8 Å². The van der Waals surface area contributed by atoms with Gasteiger partial charge in [0.15, 0.2) is 5.13 Å². The summed E-state index contributed by atoms with van der Waals surface area (Å²) in [5, 5.41) is 5.22. The van der Waals surface area contributed by atoms with Crippen LogP contribution in [-0.4, -0.2) is 69.5 Å².